The summed E-state index contributed by atoms with van der Waals surface area (Å²) in [7, 11) is 1.99. The Balaban J connectivity index is 2.04. The number of nitrogens with two attached hydrogens (primary N) is 2. The van der Waals surface area contributed by atoms with Gasteiger partial charge in [-0.05, 0) is 44.6 Å². The van der Waals surface area contributed by atoms with Gasteiger partial charge in [-0.3, -0.25) is 9.69 Å². The number of carbonyl (C=O) groups is 1. The van der Waals surface area contributed by atoms with Crippen molar-refractivity contribution in [3.8, 4) is 0 Å². The fourth-order valence-corrected chi connectivity index (χ4v) is 2.28. The minimum absolute atomic E-state index is 0.0290. The summed E-state index contributed by atoms with van der Waals surface area (Å²) in [6, 6.07) is 5.12. The first-order valence-electron chi connectivity index (χ1n) is 6.24. The highest BCUT2D eigenvalue weighted by Crippen LogP contribution is 2.21. The van der Waals surface area contributed by atoms with Gasteiger partial charge in [-0.2, -0.15) is 0 Å². The van der Waals surface area contributed by atoms with Crippen molar-refractivity contribution >= 4 is 23.0 Å². The molecule has 1 aliphatic rings. The summed E-state index contributed by atoms with van der Waals surface area (Å²) in [5.41, 5.74) is 13.1. The molecule has 5 N–H and O–H groups in total. The minimum Gasteiger partial charge on any atom is -0.397 e. The Hall–Kier alpha value is -1.75. The number of hydrogen-bond donors (Lipinski definition) is 3. The molecule has 0 spiro atoms. The first-order chi connectivity index (χ1) is 8.58. The average Bonchev–Trinajstić information content (AvgIpc) is 2.34. The van der Waals surface area contributed by atoms with Crippen LogP contribution in [0.25, 0.3) is 0 Å². The molecule has 1 aromatic carbocycles. The van der Waals surface area contributed by atoms with E-state index in [1.165, 1.54) is 0 Å². The quantitative estimate of drug-likeness (QED) is 0.688. The van der Waals surface area contributed by atoms with Crippen molar-refractivity contribution in [2.24, 2.45) is 0 Å². The molecule has 5 nitrogen and oxygen atoms in total. The molecule has 0 aliphatic carbocycles. The third-order valence-electron chi connectivity index (χ3n) is 3.43. The van der Waals surface area contributed by atoms with Crippen LogP contribution >= 0.6 is 0 Å². The van der Waals surface area contributed by atoms with Crippen molar-refractivity contribution in [3.63, 3.8) is 0 Å². The van der Waals surface area contributed by atoms with E-state index in [4.69, 9.17) is 11.5 Å². The Morgan fingerprint density at radius 3 is 2.78 bits per heavy atom. The van der Waals surface area contributed by atoms with Crippen LogP contribution in [0.5, 0.6) is 0 Å². The van der Waals surface area contributed by atoms with E-state index in [2.05, 4.69) is 10.2 Å². The van der Waals surface area contributed by atoms with Gasteiger partial charge >= 0.3 is 0 Å². The fraction of sp³-hybridized carbons (Fsp3) is 0.462. The molecule has 0 radical (unpaired) electrons. The number of carbonyl (C=O) groups excluding carboxylic acids is 1. The summed E-state index contributed by atoms with van der Waals surface area (Å²) in [4.78, 5) is 14.2. The lowest BCUT2D eigenvalue weighted by molar-refractivity contribution is -0.121. The summed E-state index contributed by atoms with van der Waals surface area (Å²) in [5, 5.41) is 2.89. The van der Waals surface area contributed by atoms with Gasteiger partial charge in [0.1, 0.15) is 0 Å². The van der Waals surface area contributed by atoms with E-state index in [0.717, 1.165) is 25.8 Å². The van der Waals surface area contributed by atoms with E-state index in [0.29, 0.717) is 17.1 Å². The molecular formula is C13H20N4O. The van der Waals surface area contributed by atoms with E-state index >= 15 is 0 Å². The number of benzene rings is 1. The standard InChI is InChI=1S/C13H20N4O/c1-17-7-3-2-4-12(17)13(18)16-9-5-6-10(14)11(15)8-9/h5-6,8,12H,2-4,7,14-15H2,1H3,(H,16,18). The molecule has 18 heavy (non-hydrogen) atoms. The lowest BCUT2D eigenvalue weighted by atomic mass is 10.0. The highest BCUT2D eigenvalue weighted by atomic mass is 16.2. The zero-order valence-electron chi connectivity index (χ0n) is 10.6. The number of likely N-dealkylation sites (tertiary alicyclic amines) is 1. The first kappa shape index (κ1) is 12.7. The topological polar surface area (TPSA) is 84.4 Å². The van der Waals surface area contributed by atoms with Crippen molar-refractivity contribution in [1.82, 2.24) is 4.90 Å². The zero-order chi connectivity index (χ0) is 13.1. The highest BCUT2D eigenvalue weighted by Gasteiger charge is 2.25. The van der Waals surface area contributed by atoms with Crippen LogP contribution in [-0.2, 0) is 4.79 Å². The number of nitrogens with one attached hydrogen (secondary N) is 1. The molecule has 98 valence electrons. The van der Waals surface area contributed by atoms with E-state index < -0.39 is 0 Å². The lowest BCUT2D eigenvalue weighted by Crippen LogP contribution is -2.44. The molecule has 5 heteroatoms. The Kier molecular flexibility index (Phi) is 3.72. The molecule has 1 aromatic rings. The molecule has 1 aliphatic heterocycles. The van der Waals surface area contributed by atoms with E-state index in [9.17, 15) is 4.79 Å². The number of nitrogen functional groups attached to an aromatic ring is 2. The van der Waals surface area contributed by atoms with Gasteiger partial charge in [-0.15, -0.1) is 0 Å². The van der Waals surface area contributed by atoms with Gasteiger partial charge in [-0.1, -0.05) is 6.42 Å². The van der Waals surface area contributed by atoms with E-state index in [1.54, 1.807) is 18.2 Å². The van der Waals surface area contributed by atoms with Gasteiger partial charge in [0.15, 0.2) is 0 Å². The molecular weight excluding hydrogens is 228 g/mol. The Bertz CT molecular complexity index is 447. The summed E-state index contributed by atoms with van der Waals surface area (Å²) < 4.78 is 0. The van der Waals surface area contributed by atoms with Crippen molar-refractivity contribution in [3.05, 3.63) is 18.2 Å². The Morgan fingerprint density at radius 2 is 2.11 bits per heavy atom. The molecule has 0 aromatic heterocycles. The third-order valence-corrected chi connectivity index (χ3v) is 3.43. The van der Waals surface area contributed by atoms with Gasteiger partial charge in [-0.25, -0.2) is 0 Å². The number of likely N-dealkylation sites (N-methyl/N-ethyl adjacent to an activating group) is 1. The maximum Gasteiger partial charge on any atom is 0.241 e. The first-order valence-corrected chi connectivity index (χ1v) is 6.24. The van der Waals surface area contributed by atoms with E-state index in [-0.39, 0.29) is 11.9 Å². The van der Waals surface area contributed by atoms with Crippen LogP contribution in [0.1, 0.15) is 19.3 Å². The number of amides is 1. The molecule has 2 rings (SSSR count). The van der Waals surface area contributed by atoms with Gasteiger partial charge in [0.25, 0.3) is 0 Å². The van der Waals surface area contributed by atoms with Crippen LogP contribution in [0.15, 0.2) is 18.2 Å². The molecule has 1 fully saturated rings. The summed E-state index contributed by atoms with van der Waals surface area (Å²) in [5.74, 6) is 0.0290. The van der Waals surface area contributed by atoms with Crippen molar-refractivity contribution in [2.45, 2.75) is 25.3 Å². The maximum absolute atomic E-state index is 12.1. The van der Waals surface area contributed by atoms with Crippen LogP contribution in [0.3, 0.4) is 0 Å². The van der Waals surface area contributed by atoms with Crippen LogP contribution in [0.2, 0.25) is 0 Å². The average molecular weight is 248 g/mol. The molecule has 0 saturated carbocycles. The van der Waals surface area contributed by atoms with Crippen molar-refractivity contribution in [2.75, 3.05) is 30.4 Å². The van der Waals surface area contributed by atoms with Crippen LogP contribution in [0, 0.1) is 0 Å². The van der Waals surface area contributed by atoms with Crippen molar-refractivity contribution < 1.29 is 4.79 Å². The predicted octanol–water partition coefficient (Wildman–Crippen LogP) is 1.27. The summed E-state index contributed by atoms with van der Waals surface area (Å²) in [6.45, 7) is 0.974. The predicted molar refractivity (Wildman–Crippen MR) is 74.2 cm³/mol. The smallest absolute Gasteiger partial charge is 0.241 e. The normalized spacial score (nSPS) is 20.6. The number of hydrogen-bond acceptors (Lipinski definition) is 4. The lowest BCUT2D eigenvalue weighted by Gasteiger charge is -2.31. The SMILES string of the molecule is CN1CCCCC1C(=O)Nc1ccc(N)c(N)c1. The summed E-state index contributed by atoms with van der Waals surface area (Å²) in [6.07, 6.45) is 3.17. The van der Waals surface area contributed by atoms with Gasteiger partial charge < -0.3 is 16.8 Å². The highest BCUT2D eigenvalue weighted by molar-refractivity contribution is 5.95. The maximum atomic E-state index is 12.1. The molecule has 1 saturated heterocycles. The molecule has 1 heterocycles. The monoisotopic (exact) mass is 248 g/mol. The van der Waals surface area contributed by atoms with E-state index in [1.807, 2.05) is 7.05 Å². The molecule has 1 unspecified atom stereocenters. The van der Waals surface area contributed by atoms with Gasteiger partial charge in [0.05, 0.1) is 17.4 Å². The molecule has 1 amide bonds. The van der Waals surface area contributed by atoms with Crippen molar-refractivity contribution in [1.29, 1.82) is 0 Å². The fourth-order valence-electron chi connectivity index (χ4n) is 2.28. The number of anilines is 3. The zero-order valence-corrected chi connectivity index (χ0v) is 10.6. The number of piperidine rings is 1. The Morgan fingerprint density at radius 1 is 1.33 bits per heavy atom. The van der Waals surface area contributed by atoms with Gasteiger partial charge in [0.2, 0.25) is 5.91 Å². The van der Waals surface area contributed by atoms with Gasteiger partial charge in [0, 0.05) is 5.69 Å². The second kappa shape index (κ2) is 5.27. The number of rotatable bonds is 2. The van der Waals surface area contributed by atoms with Crippen LogP contribution < -0.4 is 16.8 Å². The second-order valence-electron chi connectivity index (χ2n) is 4.83. The molecule has 1 atom stereocenters. The minimum atomic E-state index is -0.0440. The van der Waals surface area contributed by atoms with Crippen LogP contribution in [0.4, 0.5) is 17.1 Å². The Labute approximate surface area is 107 Å². The largest absolute Gasteiger partial charge is 0.397 e. The third kappa shape index (κ3) is 2.73. The molecule has 0 bridgehead atoms. The summed E-state index contributed by atoms with van der Waals surface area (Å²) >= 11 is 0. The number of nitrogens with zero attached hydrogens (tertiary/aromatic N) is 1. The second-order valence-corrected chi connectivity index (χ2v) is 4.83. The van der Waals surface area contributed by atoms with Crippen LogP contribution in [-0.4, -0.2) is 30.4 Å².